The van der Waals surface area contributed by atoms with Gasteiger partial charge < -0.3 is 14.4 Å². The molecule has 1 heterocycles. The SMILES string of the molecule is COC(C)Sc1nc2ccccc2n1C[C@H](C)O. The topological polar surface area (TPSA) is 47.3 Å². The predicted octanol–water partition coefficient (Wildman–Crippen LogP) is 2.50. The zero-order valence-electron chi connectivity index (χ0n) is 10.8. The molecule has 0 spiro atoms. The highest BCUT2D eigenvalue weighted by molar-refractivity contribution is 7.99. The van der Waals surface area contributed by atoms with Gasteiger partial charge in [-0.25, -0.2) is 4.98 Å². The lowest BCUT2D eigenvalue weighted by Gasteiger charge is -2.13. The number of aliphatic hydroxyl groups excluding tert-OH is 1. The van der Waals surface area contributed by atoms with Crippen molar-refractivity contribution in [2.45, 2.75) is 37.1 Å². The molecule has 0 bridgehead atoms. The molecule has 18 heavy (non-hydrogen) atoms. The first-order valence-corrected chi connectivity index (χ1v) is 6.82. The molecule has 1 aromatic heterocycles. The minimum Gasteiger partial charge on any atom is -0.392 e. The Hall–Kier alpha value is -1.04. The van der Waals surface area contributed by atoms with Gasteiger partial charge in [0.05, 0.1) is 23.7 Å². The first kappa shape index (κ1) is 13.4. The largest absolute Gasteiger partial charge is 0.392 e. The fraction of sp³-hybridized carbons (Fsp3) is 0.462. The number of nitrogens with zero attached hydrogens (tertiary/aromatic N) is 2. The molecular weight excluding hydrogens is 248 g/mol. The van der Waals surface area contributed by atoms with E-state index in [4.69, 9.17) is 4.74 Å². The molecule has 2 rings (SSSR count). The van der Waals surface area contributed by atoms with Gasteiger partial charge >= 0.3 is 0 Å². The molecule has 0 saturated heterocycles. The maximum atomic E-state index is 9.61. The van der Waals surface area contributed by atoms with E-state index in [0.29, 0.717) is 6.54 Å². The van der Waals surface area contributed by atoms with Crippen LogP contribution in [0.5, 0.6) is 0 Å². The molecule has 0 aliphatic carbocycles. The van der Waals surface area contributed by atoms with Crippen molar-refractivity contribution in [1.82, 2.24) is 9.55 Å². The number of benzene rings is 1. The van der Waals surface area contributed by atoms with E-state index >= 15 is 0 Å². The van der Waals surface area contributed by atoms with Crippen LogP contribution in [0.4, 0.5) is 0 Å². The number of aliphatic hydroxyl groups is 1. The van der Waals surface area contributed by atoms with Crippen LogP contribution < -0.4 is 0 Å². The highest BCUT2D eigenvalue weighted by atomic mass is 32.2. The standard InChI is InChI=1S/C13H18N2O2S/c1-9(16)8-15-12-7-5-4-6-11(12)14-13(15)18-10(2)17-3/h4-7,9-10,16H,8H2,1-3H3/t9-,10?/m0/s1. The molecule has 1 unspecified atom stereocenters. The van der Waals surface area contributed by atoms with Crippen LogP contribution in [0.3, 0.4) is 0 Å². The Balaban J connectivity index is 2.43. The fourth-order valence-corrected chi connectivity index (χ4v) is 2.62. The van der Waals surface area contributed by atoms with Crippen LogP contribution in [0, 0.1) is 0 Å². The van der Waals surface area contributed by atoms with Gasteiger partial charge in [-0.15, -0.1) is 0 Å². The molecule has 4 nitrogen and oxygen atoms in total. The number of rotatable bonds is 5. The summed E-state index contributed by atoms with van der Waals surface area (Å²) >= 11 is 1.56. The van der Waals surface area contributed by atoms with Gasteiger partial charge in [-0.3, -0.25) is 0 Å². The van der Waals surface area contributed by atoms with Crippen LogP contribution in [0.15, 0.2) is 29.4 Å². The van der Waals surface area contributed by atoms with Gasteiger partial charge in [0.15, 0.2) is 5.16 Å². The number of hydrogen-bond acceptors (Lipinski definition) is 4. The number of aromatic nitrogens is 2. The molecule has 0 aliphatic heterocycles. The molecule has 0 amide bonds. The van der Waals surface area contributed by atoms with Crippen LogP contribution in [-0.2, 0) is 11.3 Å². The lowest BCUT2D eigenvalue weighted by atomic mass is 10.3. The van der Waals surface area contributed by atoms with E-state index in [-0.39, 0.29) is 5.44 Å². The number of thioether (sulfide) groups is 1. The third-order valence-electron chi connectivity index (χ3n) is 2.67. The second kappa shape index (κ2) is 5.73. The zero-order valence-corrected chi connectivity index (χ0v) is 11.6. The quantitative estimate of drug-likeness (QED) is 0.667. The highest BCUT2D eigenvalue weighted by Crippen LogP contribution is 2.27. The van der Waals surface area contributed by atoms with E-state index in [9.17, 15) is 5.11 Å². The molecule has 5 heteroatoms. The average Bonchev–Trinajstić information content (AvgIpc) is 2.67. The Labute approximate surface area is 111 Å². The number of fused-ring (bicyclic) bond motifs is 1. The monoisotopic (exact) mass is 266 g/mol. The van der Waals surface area contributed by atoms with Gasteiger partial charge in [0.25, 0.3) is 0 Å². The van der Waals surface area contributed by atoms with Crippen LogP contribution in [0.2, 0.25) is 0 Å². The molecule has 0 radical (unpaired) electrons. The summed E-state index contributed by atoms with van der Waals surface area (Å²) in [5.74, 6) is 0. The lowest BCUT2D eigenvalue weighted by molar-refractivity contribution is 0.170. The predicted molar refractivity (Wildman–Crippen MR) is 73.7 cm³/mol. The summed E-state index contributed by atoms with van der Waals surface area (Å²) in [6.07, 6.45) is -0.403. The fourth-order valence-electron chi connectivity index (χ4n) is 1.78. The minimum atomic E-state index is -0.403. The molecule has 0 saturated carbocycles. The van der Waals surface area contributed by atoms with E-state index in [2.05, 4.69) is 4.98 Å². The van der Waals surface area contributed by atoms with Gasteiger partial charge in [-0.2, -0.15) is 0 Å². The molecule has 1 N–H and O–H groups in total. The maximum Gasteiger partial charge on any atom is 0.171 e. The Morgan fingerprint density at radius 1 is 1.39 bits per heavy atom. The van der Waals surface area contributed by atoms with Gasteiger partial charge in [-0.1, -0.05) is 23.9 Å². The first-order valence-electron chi connectivity index (χ1n) is 5.94. The second-order valence-electron chi connectivity index (χ2n) is 4.26. The second-order valence-corrected chi connectivity index (χ2v) is 5.53. The third kappa shape index (κ3) is 2.85. The molecule has 1 aromatic carbocycles. The smallest absolute Gasteiger partial charge is 0.171 e. The highest BCUT2D eigenvalue weighted by Gasteiger charge is 2.14. The first-order chi connectivity index (χ1) is 8.61. The number of imidazole rings is 1. The number of ether oxygens (including phenoxy) is 1. The molecule has 98 valence electrons. The normalized spacial score (nSPS) is 14.9. The van der Waals surface area contributed by atoms with Gasteiger partial charge in [0.1, 0.15) is 5.44 Å². The molecule has 0 aliphatic rings. The van der Waals surface area contributed by atoms with Crippen molar-refractivity contribution in [3.63, 3.8) is 0 Å². The van der Waals surface area contributed by atoms with E-state index in [1.807, 2.05) is 35.8 Å². The van der Waals surface area contributed by atoms with E-state index in [1.165, 1.54) is 0 Å². The summed E-state index contributed by atoms with van der Waals surface area (Å²) in [7, 11) is 1.68. The number of hydrogen-bond donors (Lipinski definition) is 1. The Kier molecular flexibility index (Phi) is 4.27. The van der Waals surface area contributed by atoms with Crippen molar-refractivity contribution in [1.29, 1.82) is 0 Å². The van der Waals surface area contributed by atoms with Crippen molar-refractivity contribution in [3.8, 4) is 0 Å². The van der Waals surface area contributed by atoms with Gasteiger partial charge in [0.2, 0.25) is 0 Å². The van der Waals surface area contributed by atoms with Crippen molar-refractivity contribution in [2.75, 3.05) is 7.11 Å². The van der Waals surface area contributed by atoms with Crippen molar-refractivity contribution in [2.24, 2.45) is 0 Å². The van der Waals surface area contributed by atoms with Crippen LogP contribution in [-0.4, -0.2) is 33.3 Å². The zero-order chi connectivity index (χ0) is 13.1. The summed E-state index contributed by atoms with van der Waals surface area (Å²) in [5.41, 5.74) is 2.03. The Morgan fingerprint density at radius 2 is 2.11 bits per heavy atom. The van der Waals surface area contributed by atoms with Crippen molar-refractivity contribution >= 4 is 22.8 Å². The van der Waals surface area contributed by atoms with Gasteiger partial charge in [0, 0.05) is 7.11 Å². The van der Waals surface area contributed by atoms with Crippen molar-refractivity contribution in [3.05, 3.63) is 24.3 Å². The van der Waals surface area contributed by atoms with Crippen LogP contribution in [0.1, 0.15) is 13.8 Å². The Bertz CT molecular complexity index is 525. The van der Waals surface area contributed by atoms with Gasteiger partial charge in [-0.05, 0) is 26.0 Å². The number of para-hydroxylation sites is 2. The summed E-state index contributed by atoms with van der Waals surface area (Å²) in [6, 6.07) is 7.95. The van der Waals surface area contributed by atoms with E-state index < -0.39 is 6.10 Å². The molecule has 2 atom stereocenters. The third-order valence-corrected chi connectivity index (χ3v) is 3.72. The summed E-state index contributed by atoms with van der Waals surface area (Å²) in [4.78, 5) is 4.59. The molecule has 2 aromatic rings. The summed E-state index contributed by atoms with van der Waals surface area (Å²) < 4.78 is 7.30. The minimum absolute atomic E-state index is 0.0366. The number of methoxy groups -OCH3 is 1. The molecule has 0 fully saturated rings. The Morgan fingerprint density at radius 3 is 2.78 bits per heavy atom. The summed E-state index contributed by atoms with van der Waals surface area (Å²) in [5, 5.41) is 10.5. The van der Waals surface area contributed by atoms with E-state index in [0.717, 1.165) is 16.2 Å². The average molecular weight is 266 g/mol. The van der Waals surface area contributed by atoms with Crippen LogP contribution in [0.25, 0.3) is 11.0 Å². The lowest BCUT2D eigenvalue weighted by Crippen LogP contribution is -2.13. The maximum absolute atomic E-state index is 9.61. The summed E-state index contributed by atoms with van der Waals surface area (Å²) in [6.45, 7) is 4.30. The van der Waals surface area contributed by atoms with Crippen LogP contribution >= 0.6 is 11.8 Å². The van der Waals surface area contributed by atoms with E-state index in [1.54, 1.807) is 25.8 Å². The molecular formula is C13H18N2O2S. The van der Waals surface area contributed by atoms with Crippen molar-refractivity contribution < 1.29 is 9.84 Å².